The summed E-state index contributed by atoms with van der Waals surface area (Å²) >= 11 is 1.52. The first-order chi connectivity index (χ1) is 9.04. The molecule has 108 valence electrons. The summed E-state index contributed by atoms with van der Waals surface area (Å²) in [5.74, 6) is 1.12. The molecular formula is C11H15NaO6S2. The molecule has 6 nitrogen and oxygen atoms in total. The van der Waals surface area contributed by atoms with Crippen LogP contribution < -0.4 is 39.0 Å². The van der Waals surface area contributed by atoms with Gasteiger partial charge in [0, 0.05) is 23.1 Å². The van der Waals surface area contributed by atoms with E-state index in [9.17, 15) is 13.0 Å². The van der Waals surface area contributed by atoms with Crippen LogP contribution in [0.3, 0.4) is 0 Å². The Hall–Kier alpha value is 0.170. The van der Waals surface area contributed by atoms with Crippen molar-refractivity contribution >= 4 is 21.5 Å². The van der Waals surface area contributed by atoms with Crippen molar-refractivity contribution in [2.45, 2.75) is 18.9 Å². The average molecular weight is 330 g/mol. The van der Waals surface area contributed by atoms with Crippen molar-refractivity contribution in [1.29, 1.82) is 0 Å². The number of hydrogen-bond donors (Lipinski definition) is 0. The molecular weight excluding hydrogens is 315 g/mol. The Kier molecular flexibility index (Phi) is 7.81. The molecule has 0 amide bonds. The third-order valence-electron chi connectivity index (χ3n) is 2.58. The van der Waals surface area contributed by atoms with Crippen molar-refractivity contribution in [2.75, 3.05) is 25.6 Å². The summed E-state index contributed by atoms with van der Waals surface area (Å²) in [7, 11) is -4.12. The van der Waals surface area contributed by atoms with E-state index in [0.29, 0.717) is 32.7 Å². The van der Waals surface area contributed by atoms with E-state index in [1.807, 2.05) is 10.8 Å². The molecule has 0 bridgehead atoms. The van der Waals surface area contributed by atoms with Crippen LogP contribution in [-0.4, -0.2) is 44.6 Å². The van der Waals surface area contributed by atoms with Gasteiger partial charge in [0.05, 0.1) is 10.1 Å². The van der Waals surface area contributed by atoms with Gasteiger partial charge < -0.3 is 18.8 Å². The molecule has 0 spiro atoms. The normalized spacial score (nSPS) is 15.4. The number of hydrogen-bond acceptors (Lipinski definition) is 7. The van der Waals surface area contributed by atoms with E-state index in [2.05, 4.69) is 0 Å². The van der Waals surface area contributed by atoms with Gasteiger partial charge in [-0.1, -0.05) is 0 Å². The Labute approximate surface area is 144 Å². The summed E-state index contributed by atoms with van der Waals surface area (Å²) in [4.78, 5) is 0. The van der Waals surface area contributed by atoms with Crippen molar-refractivity contribution in [1.82, 2.24) is 0 Å². The molecule has 0 aliphatic carbocycles. The first-order valence-electron chi connectivity index (χ1n) is 5.91. The minimum absolute atomic E-state index is 0. The fourth-order valence-electron chi connectivity index (χ4n) is 1.62. The van der Waals surface area contributed by atoms with Crippen LogP contribution in [0.4, 0.5) is 0 Å². The van der Waals surface area contributed by atoms with Gasteiger partial charge in [-0.25, -0.2) is 8.42 Å². The van der Waals surface area contributed by atoms with Crippen LogP contribution >= 0.6 is 11.3 Å². The third kappa shape index (κ3) is 6.30. The van der Waals surface area contributed by atoms with E-state index in [0.717, 1.165) is 11.5 Å². The standard InChI is InChI=1S/C11H16O6S2.Na/c12-19(13,14)4-2-1-3-15-9-5-16-10-7-18-8-11(10)17-6-9;/h7-9H,1-6H2,(H,12,13,14);/q;+1/p-1. The molecule has 1 aliphatic rings. The van der Waals surface area contributed by atoms with E-state index in [-0.39, 0.29) is 41.4 Å². The largest absolute Gasteiger partial charge is 1.00 e. The van der Waals surface area contributed by atoms with E-state index in [4.69, 9.17) is 14.2 Å². The van der Waals surface area contributed by atoms with Crippen LogP contribution in [0.1, 0.15) is 12.8 Å². The molecule has 2 rings (SSSR count). The van der Waals surface area contributed by atoms with E-state index >= 15 is 0 Å². The van der Waals surface area contributed by atoms with Crippen LogP contribution in [0.5, 0.6) is 11.5 Å². The minimum atomic E-state index is -4.12. The van der Waals surface area contributed by atoms with Crippen LogP contribution in [0.2, 0.25) is 0 Å². The molecule has 0 atom stereocenters. The molecule has 1 aromatic heterocycles. The maximum atomic E-state index is 10.4. The van der Waals surface area contributed by atoms with Gasteiger partial charge in [-0.05, 0) is 12.8 Å². The summed E-state index contributed by atoms with van der Waals surface area (Å²) < 4.78 is 47.8. The Morgan fingerprint density at radius 1 is 1.25 bits per heavy atom. The zero-order chi connectivity index (χ0) is 13.7. The summed E-state index contributed by atoms with van der Waals surface area (Å²) in [6.07, 6.45) is 0.660. The number of fused-ring (bicyclic) bond motifs is 1. The molecule has 20 heavy (non-hydrogen) atoms. The van der Waals surface area contributed by atoms with Crippen LogP contribution in [0, 0.1) is 0 Å². The number of thiophene rings is 1. The summed E-state index contributed by atoms with van der Waals surface area (Å²) in [6, 6.07) is 0. The Morgan fingerprint density at radius 2 is 1.85 bits per heavy atom. The van der Waals surface area contributed by atoms with Gasteiger partial charge in [-0.15, -0.1) is 11.3 Å². The molecule has 9 heteroatoms. The second-order valence-electron chi connectivity index (χ2n) is 4.18. The first-order valence-corrected chi connectivity index (χ1v) is 8.43. The molecule has 2 heterocycles. The van der Waals surface area contributed by atoms with Crippen molar-refractivity contribution in [3.05, 3.63) is 10.8 Å². The maximum absolute atomic E-state index is 10.4. The van der Waals surface area contributed by atoms with Crippen molar-refractivity contribution in [3.8, 4) is 11.5 Å². The first kappa shape index (κ1) is 18.2. The van der Waals surface area contributed by atoms with Crippen LogP contribution in [0.15, 0.2) is 10.8 Å². The molecule has 0 N–H and O–H groups in total. The summed E-state index contributed by atoms with van der Waals surface area (Å²) in [5.41, 5.74) is 0. The SMILES string of the molecule is O=S(=O)([O-])CCCCOC1COc2cscc2OC1.[Na+]. The summed E-state index contributed by atoms with van der Waals surface area (Å²) in [6.45, 7) is 1.20. The van der Waals surface area contributed by atoms with E-state index < -0.39 is 10.1 Å². The van der Waals surface area contributed by atoms with Gasteiger partial charge in [-0.3, -0.25) is 0 Å². The molecule has 0 saturated carbocycles. The number of unbranched alkanes of at least 4 members (excludes halogenated alkanes) is 1. The molecule has 0 radical (unpaired) electrons. The Morgan fingerprint density at radius 3 is 2.40 bits per heavy atom. The van der Waals surface area contributed by atoms with Gasteiger partial charge in [0.25, 0.3) is 0 Å². The third-order valence-corrected chi connectivity index (χ3v) is 4.07. The Balaban J connectivity index is 0.00000200. The van der Waals surface area contributed by atoms with Crippen molar-refractivity contribution in [2.24, 2.45) is 0 Å². The number of ether oxygens (including phenoxy) is 3. The van der Waals surface area contributed by atoms with E-state index in [1.165, 1.54) is 11.3 Å². The van der Waals surface area contributed by atoms with Gasteiger partial charge >= 0.3 is 29.6 Å². The average Bonchev–Trinajstić information content (AvgIpc) is 2.69. The quantitative estimate of drug-likeness (QED) is 0.349. The maximum Gasteiger partial charge on any atom is 1.00 e. The molecule has 0 unspecified atom stereocenters. The van der Waals surface area contributed by atoms with Crippen molar-refractivity contribution in [3.63, 3.8) is 0 Å². The topological polar surface area (TPSA) is 84.9 Å². The minimum Gasteiger partial charge on any atom is -0.748 e. The molecule has 0 fully saturated rings. The van der Waals surface area contributed by atoms with E-state index in [1.54, 1.807) is 0 Å². The van der Waals surface area contributed by atoms with Crippen LogP contribution in [-0.2, 0) is 14.9 Å². The molecule has 0 saturated heterocycles. The second kappa shape index (κ2) is 8.57. The second-order valence-corrected chi connectivity index (χ2v) is 6.45. The number of rotatable bonds is 6. The van der Waals surface area contributed by atoms with Gasteiger partial charge in [-0.2, -0.15) is 0 Å². The predicted octanol–water partition coefficient (Wildman–Crippen LogP) is -1.77. The predicted molar refractivity (Wildman–Crippen MR) is 68.8 cm³/mol. The Bertz CT molecular complexity index is 478. The molecule has 1 aromatic rings. The zero-order valence-electron chi connectivity index (χ0n) is 11.2. The van der Waals surface area contributed by atoms with Crippen molar-refractivity contribution < 1.29 is 56.7 Å². The van der Waals surface area contributed by atoms with Gasteiger partial charge in [0.1, 0.15) is 19.3 Å². The monoisotopic (exact) mass is 330 g/mol. The zero-order valence-corrected chi connectivity index (χ0v) is 14.9. The molecule has 1 aliphatic heterocycles. The molecule has 0 aromatic carbocycles. The van der Waals surface area contributed by atoms with Gasteiger partial charge in [0.2, 0.25) is 0 Å². The van der Waals surface area contributed by atoms with Crippen LogP contribution in [0.25, 0.3) is 0 Å². The smallest absolute Gasteiger partial charge is 0.748 e. The summed E-state index contributed by atoms with van der Waals surface area (Å²) in [5, 5.41) is 3.74. The van der Waals surface area contributed by atoms with Gasteiger partial charge in [0.15, 0.2) is 11.5 Å². The fraction of sp³-hybridized carbons (Fsp3) is 0.636. The fourth-order valence-corrected chi connectivity index (χ4v) is 2.87.